The van der Waals surface area contributed by atoms with E-state index in [0.29, 0.717) is 12.4 Å². The highest BCUT2D eigenvalue weighted by molar-refractivity contribution is 7.17. The van der Waals surface area contributed by atoms with Gasteiger partial charge in [0.2, 0.25) is 0 Å². The first-order valence-corrected chi connectivity index (χ1v) is 6.47. The van der Waals surface area contributed by atoms with Crippen LogP contribution in [0.2, 0.25) is 0 Å². The minimum absolute atomic E-state index is 0.284. The number of carbonyl (C=O) groups is 1. The molecule has 0 radical (unpaired) electrons. The summed E-state index contributed by atoms with van der Waals surface area (Å²) >= 11 is 1.53. The van der Waals surface area contributed by atoms with Crippen molar-refractivity contribution in [1.29, 1.82) is 0 Å². The standard InChI is InChI=1S/C13H14O3S/c1-2-3-5-16-11-7-9(13(14)15)8-12-10(11)4-6-17-12/h4,6-8H,2-3,5H2,1H3,(H,14,15). The fourth-order valence-corrected chi connectivity index (χ4v) is 2.45. The molecule has 0 amide bonds. The summed E-state index contributed by atoms with van der Waals surface area (Å²) < 4.78 is 6.61. The predicted molar refractivity (Wildman–Crippen MR) is 69.2 cm³/mol. The van der Waals surface area contributed by atoms with Crippen molar-refractivity contribution in [3.8, 4) is 5.75 Å². The van der Waals surface area contributed by atoms with Gasteiger partial charge in [-0.3, -0.25) is 0 Å². The van der Waals surface area contributed by atoms with Crippen LogP contribution in [0.1, 0.15) is 30.1 Å². The zero-order valence-corrected chi connectivity index (χ0v) is 10.4. The number of rotatable bonds is 5. The highest BCUT2D eigenvalue weighted by atomic mass is 32.1. The zero-order valence-electron chi connectivity index (χ0n) is 9.60. The molecule has 17 heavy (non-hydrogen) atoms. The maximum Gasteiger partial charge on any atom is 0.335 e. The van der Waals surface area contributed by atoms with Crippen molar-refractivity contribution in [1.82, 2.24) is 0 Å². The maximum atomic E-state index is 11.0. The quantitative estimate of drug-likeness (QED) is 0.821. The van der Waals surface area contributed by atoms with Gasteiger partial charge in [0.25, 0.3) is 0 Å². The molecule has 0 aliphatic rings. The average molecular weight is 250 g/mol. The van der Waals surface area contributed by atoms with Crippen LogP contribution in [0.25, 0.3) is 10.1 Å². The molecule has 3 nitrogen and oxygen atoms in total. The first-order chi connectivity index (χ1) is 8.22. The molecular formula is C13H14O3S. The van der Waals surface area contributed by atoms with Crippen molar-refractivity contribution in [2.24, 2.45) is 0 Å². The number of carboxylic acid groups (broad SMARTS) is 1. The molecule has 2 rings (SSSR count). The van der Waals surface area contributed by atoms with E-state index < -0.39 is 5.97 Å². The number of ether oxygens (including phenoxy) is 1. The minimum Gasteiger partial charge on any atom is -0.493 e. The Balaban J connectivity index is 2.36. The number of aromatic carboxylic acids is 1. The van der Waals surface area contributed by atoms with Gasteiger partial charge in [-0.25, -0.2) is 4.79 Å². The van der Waals surface area contributed by atoms with Crippen LogP contribution in [0.3, 0.4) is 0 Å². The molecular weight excluding hydrogens is 236 g/mol. The van der Waals surface area contributed by atoms with Crippen LogP contribution in [0.15, 0.2) is 23.6 Å². The van der Waals surface area contributed by atoms with Gasteiger partial charge in [-0.2, -0.15) is 0 Å². The number of hydrogen-bond acceptors (Lipinski definition) is 3. The highest BCUT2D eigenvalue weighted by Crippen LogP contribution is 2.31. The molecule has 0 aliphatic carbocycles. The van der Waals surface area contributed by atoms with Crippen molar-refractivity contribution in [2.75, 3.05) is 6.61 Å². The lowest BCUT2D eigenvalue weighted by atomic mass is 10.1. The van der Waals surface area contributed by atoms with Crippen molar-refractivity contribution >= 4 is 27.4 Å². The lowest BCUT2D eigenvalue weighted by molar-refractivity contribution is 0.0696. The van der Waals surface area contributed by atoms with E-state index in [1.807, 2.05) is 11.4 Å². The molecule has 0 aliphatic heterocycles. The van der Waals surface area contributed by atoms with Crippen LogP contribution in [0.4, 0.5) is 0 Å². The Hall–Kier alpha value is -1.55. The molecule has 0 unspecified atom stereocenters. The number of fused-ring (bicyclic) bond motifs is 1. The summed E-state index contributed by atoms with van der Waals surface area (Å²) in [4.78, 5) is 11.0. The Kier molecular flexibility index (Phi) is 3.64. The smallest absolute Gasteiger partial charge is 0.335 e. The van der Waals surface area contributed by atoms with E-state index in [4.69, 9.17) is 9.84 Å². The van der Waals surface area contributed by atoms with E-state index in [9.17, 15) is 4.79 Å². The van der Waals surface area contributed by atoms with Crippen LogP contribution in [-0.2, 0) is 0 Å². The zero-order chi connectivity index (χ0) is 12.3. The molecule has 2 aromatic rings. The molecule has 1 heterocycles. The molecule has 4 heteroatoms. The molecule has 1 aromatic heterocycles. The molecule has 1 aromatic carbocycles. The van der Waals surface area contributed by atoms with Gasteiger partial charge < -0.3 is 9.84 Å². The number of unbranched alkanes of at least 4 members (excludes halogenated alkanes) is 1. The molecule has 90 valence electrons. The van der Waals surface area contributed by atoms with E-state index in [1.54, 1.807) is 12.1 Å². The third-order valence-corrected chi connectivity index (χ3v) is 3.40. The molecule has 0 atom stereocenters. The first kappa shape index (κ1) is 11.9. The Morgan fingerprint density at radius 1 is 1.47 bits per heavy atom. The van der Waals surface area contributed by atoms with Crippen molar-refractivity contribution in [3.05, 3.63) is 29.1 Å². The maximum absolute atomic E-state index is 11.0. The van der Waals surface area contributed by atoms with Crippen LogP contribution in [0.5, 0.6) is 5.75 Å². The second kappa shape index (κ2) is 5.19. The van der Waals surface area contributed by atoms with Crippen LogP contribution in [-0.4, -0.2) is 17.7 Å². The second-order valence-corrected chi connectivity index (χ2v) is 4.76. The molecule has 0 spiro atoms. The minimum atomic E-state index is -0.916. The van der Waals surface area contributed by atoms with E-state index >= 15 is 0 Å². The lowest BCUT2D eigenvalue weighted by Crippen LogP contribution is -2.00. The predicted octanol–water partition coefficient (Wildman–Crippen LogP) is 3.78. The Labute approximate surface area is 104 Å². The summed E-state index contributed by atoms with van der Waals surface area (Å²) in [6.45, 7) is 2.72. The molecule has 0 bridgehead atoms. The fraction of sp³-hybridized carbons (Fsp3) is 0.308. The van der Waals surface area contributed by atoms with Gasteiger partial charge in [-0.1, -0.05) is 13.3 Å². The van der Waals surface area contributed by atoms with Gasteiger partial charge in [0, 0.05) is 10.1 Å². The summed E-state index contributed by atoms with van der Waals surface area (Å²) in [6.07, 6.45) is 2.04. The summed E-state index contributed by atoms with van der Waals surface area (Å²) in [5.41, 5.74) is 0.284. The third-order valence-electron chi connectivity index (χ3n) is 2.54. The number of carboxylic acids is 1. The van der Waals surface area contributed by atoms with Crippen molar-refractivity contribution < 1.29 is 14.6 Å². The number of thiophene rings is 1. The van der Waals surface area contributed by atoms with Crippen LogP contribution < -0.4 is 4.74 Å². The first-order valence-electron chi connectivity index (χ1n) is 5.59. The second-order valence-electron chi connectivity index (χ2n) is 3.81. The topological polar surface area (TPSA) is 46.5 Å². The van der Waals surface area contributed by atoms with E-state index in [-0.39, 0.29) is 5.56 Å². The molecule has 1 N–H and O–H groups in total. The Morgan fingerprint density at radius 2 is 2.29 bits per heavy atom. The van der Waals surface area contributed by atoms with Gasteiger partial charge in [-0.05, 0) is 30.0 Å². The molecule has 0 saturated carbocycles. The van der Waals surface area contributed by atoms with E-state index in [0.717, 1.165) is 22.9 Å². The average Bonchev–Trinajstić information content (AvgIpc) is 2.77. The van der Waals surface area contributed by atoms with Gasteiger partial charge in [0.05, 0.1) is 12.2 Å². The van der Waals surface area contributed by atoms with E-state index in [2.05, 4.69) is 6.92 Å². The Bertz CT molecular complexity index is 530. The highest BCUT2D eigenvalue weighted by Gasteiger charge is 2.10. The monoisotopic (exact) mass is 250 g/mol. The normalized spacial score (nSPS) is 10.6. The van der Waals surface area contributed by atoms with Crippen molar-refractivity contribution in [2.45, 2.75) is 19.8 Å². The largest absolute Gasteiger partial charge is 0.493 e. The summed E-state index contributed by atoms with van der Waals surface area (Å²) in [7, 11) is 0. The number of hydrogen-bond donors (Lipinski definition) is 1. The summed E-state index contributed by atoms with van der Waals surface area (Å²) in [6, 6.07) is 5.26. The van der Waals surface area contributed by atoms with Gasteiger partial charge in [0.1, 0.15) is 5.75 Å². The SMILES string of the molecule is CCCCOc1cc(C(=O)O)cc2sccc12. The van der Waals surface area contributed by atoms with Gasteiger partial charge >= 0.3 is 5.97 Å². The molecule has 0 saturated heterocycles. The summed E-state index contributed by atoms with van der Waals surface area (Å²) in [5, 5.41) is 12.0. The number of benzene rings is 1. The van der Waals surface area contributed by atoms with E-state index in [1.165, 1.54) is 11.3 Å². The molecule has 0 fully saturated rings. The van der Waals surface area contributed by atoms with Crippen LogP contribution >= 0.6 is 11.3 Å². The Morgan fingerprint density at radius 3 is 3.00 bits per heavy atom. The van der Waals surface area contributed by atoms with Gasteiger partial charge in [0.15, 0.2) is 0 Å². The fourth-order valence-electron chi connectivity index (χ4n) is 1.61. The summed E-state index contributed by atoms with van der Waals surface area (Å²) in [5.74, 6) is -0.241. The van der Waals surface area contributed by atoms with Crippen molar-refractivity contribution in [3.63, 3.8) is 0 Å². The van der Waals surface area contributed by atoms with Gasteiger partial charge in [-0.15, -0.1) is 11.3 Å². The van der Waals surface area contributed by atoms with Crippen LogP contribution in [0, 0.1) is 0 Å². The third kappa shape index (κ3) is 2.58. The lowest BCUT2D eigenvalue weighted by Gasteiger charge is -2.08.